The molecule has 0 aliphatic heterocycles. The Kier molecular flexibility index (Phi) is 14.5. The van der Waals surface area contributed by atoms with Crippen LogP contribution in [-0.4, -0.2) is 47.0 Å². The van der Waals surface area contributed by atoms with E-state index < -0.39 is 119 Å². The summed E-state index contributed by atoms with van der Waals surface area (Å²) >= 11 is 1.78. The highest BCUT2D eigenvalue weighted by Crippen LogP contribution is 2.62. The van der Waals surface area contributed by atoms with Gasteiger partial charge in [-0.25, -0.2) is 0 Å². The summed E-state index contributed by atoms with van der Waals surface area (Å²) in [5, 5.41) is 0. The lowest BCUT2D eigenvalue weighted by Gasteiger charge is -2.29. The van der Waals surface area contributed by atoms with Crippen LogP contribution in [0.3, 0.4) is 0 Å². The second kappa shape index (κ2) is 22.3. The molecule has 0 radical (unpaired) electrons. The van der Waals surface area contributed by atoms with Crippen molar-refractivity contribution in [1.82, 2.24) is 0 Å². The van der Waals surface area contributed by atoms with Crippen LogP contribution in [0.4, 0.5) is 26.3 Å². The third-order valence-electron chi connectivity index (χ3n) is 16.1. The van der Waals surface area contributed by atoms with Crippen LogP contribution < -0.4 is 0 Å². The SMILES string of the molecule is O=C1C(=O)c2cc(C(F)(F)F)ccc2/C1=C/c1cc2c(s1)-c1cc3c(cc1C2(C(=O)OCc1ccccc1)C(=O)OCc1ccccc1)-c1sc(/C=C2\C(=O)C(=O)c4cc(C(F)(F)F)ccc42)cc1C3(C(=O)OCc1ccccc1)C(=O)OCc1ccccc1. The highest BCUT2D eigenvalue weighted by molar-refractivity contribution is 7.17. The fourth-order valence-corrected chi connectivity index (χ4v) is 14.1. The summed E-state index contributed by atoms with van der Waals surface area (Å²) in [5.74, 6) is -9.40. The first-order valence-corrected chi connectivity index (χ1v) is 29.2. The lowest BCUT2D eigenvalue weighted by Crippen LogP contribution is -2.46. The van der Waals surface area contributed by atoms with Gasteiger partial charge in [-0.15, -0.1) is 22.7 Å². The molecule has 12 nitrogen and oxygen atoms in total. The average Bonchev–Trinajstić information content (AvgIpc) is 1.51. The molecule has 0 atom stereocenters. The third kappa shape index (κ3) is 9.78. The number of halogens is 6. The van der Waals surface area contributed by atoms with E-state index in [0.717, 1.165) is 46.9 Å². The van der Waals surface area contributed by atoms with Gasteiger partial charge < -0.3 is 18.9 Å². The van der Waals surface area contributed by atoms with Crippen molar-refractivity contribution in [1.29, 1.82) is 0 Å². The van der Waals surface area contributed by atoms with Crippen molar-refractivity contribution in [3.63, 3.8) is 0 Å². The van der Waals surface area contributed by atoms with E-state index in [0.29, 0.717) is 34.4 Å². The zero-order valence-corrected chi connectivity index (χ0v) is 47.9. The summed E-state index contributed by atoms with van der Waals surface area (Å²) < 4.78 is 108. The van der Waals surface area contributed by atoms with E-state index in [2.05, 4.69) is 0 Å². The highest BCUT2D eigenvalue weighted by atomic mass is 32.1. The molecule has 9 aromatic rings. The van der Waals surface area contributed by atoms with Crippen molar-refractivity contribution < 1.29 is 83.6 Å². The van der Waals surface area contributed by atoms with E-state index in [9.17, 15) is 45.5 Å². The summed E-state index contributed by atoms with van der Waals surface area (Å²) in [6, 6.07) is 44.2. The second-order valence-electron chi connectivity index (χ2n) is 21.4. The fourth-order valence-electron chi connectivity index (χ4n) is 11.8. The standard InChI is InChI=1S/C70H40F6O12S2/c71-69(72,73)41-21-23-45-47(25-41)57(77)59(79)49(45)27-43-29-55-61(89-43)51-32-54-52(31-53(51)67(55,63(81)85-33-37-13-5-1-6-14-37)64(82)86-34-38-15-7-2-8-16-38)62-56(30-44(90-62)28-50-46-24-22-42(70(74,75)76)26-48(46)58(78)60(50)80)68(54,65(83)87-35-39-17-9-3-10-18-39)66(84)88-36-40-19-11-4-12-20-40/h1-32H,33-36H2/b49-27-,50-28-. The molecule has 0 amide bonds. The summed E-state index contributed by atoms with van der Waals surface area (Å²) in [6.45, 7) is -1.57. The van der Waals surface area contributed by atoms with E-state index in [1.54, 1.807) is 121 Å². The van der Waals surface area contributed by atoms with E-state index >= 15 is 19.2 Å². The Bertz CT molecular complexity index is 4220. The largest absolute Gasteiger partial charge is 0.459 e. The maximum atomic E-state index is 15.8. The maximum absolute atomic E-state index is 15.8. The fraction of sp³-hybridized carbons (Fsp3) is 0.114. The van der Waals surface area contributed by atoms with Gasteiger partial charge >= 0.3 is 36.2 Å². The number of carbonyl (C=O) groups excluding carboxylic acids is 8. The molecule has 90 heavy (non-hydrogen) atoms. The highest BCUT2D eigenvalue weighted by Gasteiger charge is 2.64. The molecule has 2 heterocycles. The molecule has 0 saturated carbocycles. The Balaban J connectivity index is 1.06. The van der Waals surface area contributed by atoms with Crippen molar-refractivity contribution in [3.8, 4) is 20.9 Å². The molecule has 20 heteroatoms. The van der Waals surface area contributed by atoms with Gasteiger partial charge in [0.1, 0.15) is 26.4 Å². The number of rotatable bonds is 14. The van der Waals surface area contributed by atoms with Crippen LogP contribution in [0.2, 0.25) is 0 Å². The Labute approximate surface area is 514 Å². The molecule has 7 aromatic carbocycles. The van der Waals surface area contributed by atoms with Gasteiger partial charge in [0, 0.05) is 52.9 Å². The molecular formula is C70H40F6O12S2. The van der Waals surface area contributed by atoms with Gasteiger partial charge in [-0.2, -0.15) is 26.3 Å². The average molecular weight is 1250 g/mol. The van der Waals surface area contributed by atoms with Crippen molar-refractivity contribution in [3.05, 3.63) is 270 Å². The molecule has 0 spiro atoms. The molecule has 446 valence electrons. The number of ether oxygens (including phenoxy) is 4. The molecule has 2 aromatic heterocycles. The number of esters is 4. The van der Waals surface area contributed by atoms with Crippen LogP contribution in [0, 0.1) is 0 Å². The third-order valence-corrected chi connectivity index (χ3v) is 18.3. The maximum Gasteiger partial charge on any atom is 0.416 e. The minimum atomic E-state index is -4.86. The minimum absolute atomic E-state index is 0.0502. The number of alkyl halides is 6. The van der Waals surface area contributed by atoms with Crippen molar-refractivity contribution in [2.45, 2.75) is 49.6 Å². The summed E-state index contributed by atoms with van der Waals surface area (Å²) in [6.07, 6.45) is -7.22. The number of thiophene rings is 2. The van der Waals surface area contributed by atoms with Crippen LogP contribution in [0.15, 0.2) is 182 Å². The quantitative estimate of drug-likeness (QED) is 0.0252. The molecule has 0 N–H and O–H groups in total. The van der Waals surface area contributed by atoms with Gasteiger partial charge in [0.05, 0.1) is 11.1 Å². The van der Waals surface area contributed by atoms with Gasteiger partial charge in [0.25, 0.3) is 0 Å². The molecule has 0 unspecified atom stereocenters. The Hall–Kier alpha value is -10.4. The van der Waals surface area contributed by atoms with Gasteiger partial charge in [-0.3, -0.25) is 38.4 Å². The van der Waals surface area contributed by atoms with Crippen LogP contribution in [0.25, 0.3) is 44.2 Å². The molecule has 0 bridgehead atoms. The normalized spacial score (nSPS) is 15.7. The summed E-state index contributed by atoms with van der Waals surface area (Å²) in [7, 11) is 0. The number of fused-ring (bicyclic) bond motifs is 8. The topological polar surface area (TPSA) is 173 Å². The number of ketones is 4. The van der Waals surface area contributed by atoms with E-state index in [1.807, 2.05) is 0 Å². The lowest BCUT2D eigenvalue weighted by atomic mass is 9.75. The number of allylic oxidation sites excluding steroid dienone is 2. The summed E-state index contributed by atoms with van der Waals surface area (Å²) in [5.41, 5.74) is -7.65. The first kappa shape index (κ1) is 58.6. The molecule has 4 aliphatic rings. The number of carbonyl (C=O) groups is 8. The smallest absolute Gasteiger partial charge is 0.416 e. The lowest BCUT2D eigenvalue weighted by molar-refractivity contribution is -0.166. The van der Waals surface area contributed by atoms with Crippen molar-refractivity contribution >= 4 is 93.0 Å². The monoisotopic (exact) mass is 1250 g/mol. The van der Waals surface area contributed by atoms with E-state index in [1.165, 1.54) is 36.4 Å². The second-order valence-corrected chi connectivity index (χ2v) is 23.6. The number of benzene rings is 7. The molecule has 13 rings (SSSR count). The van der Waals surface area contributed by atoms with E-state index in [4.69, 9.17) is 18.9 Å². The minimum Gasteiger partial charge on any atom is -0.459 e. The van der Waals surface area contributed by atoms with E-state index in [-0.39, 0.29) is 75.2 Å². The Morgan fingerprint density at radius 1 is 0.356 bits per heavy atom. The molecule has 4 aliphatic carbocycles. The Morgan fingerprint density at radius 2 is 0.656 bits per heavy atom. The van der Waals surface area contributed by atoms with Crippen LogP contribution in [-0.2, 0) is 97.3 Å². The predicted molar refractivity (Wildman–Crippen MR) is 317 cm³/mol. The summed E-state index contributed by atoms with van der Waals surface area (Å²) in [4.78, 5) is 118. The number of Topliss-reactive ketones (excluding diaryl/α,β-unsaturated/α-hetero) is 4. The van der Waals surface area contributed by atoms with Gasteiger partial charge in [-0.1, -0.05) is 133 Å². The Morgan fingerprint density at radius 3 is 0.944 bits per heavy atom. The zero-order chi connectivity index (χ0) is 63.0. The zero-order valence-electron chi connectivity index (χ0n) is 46.3. The first-order chi connectivity index (χ1) is 43.2. The van der Waals surface area contributed by atoms with Crippen LogP contribution in [0.5, 0.6) is 0 Å². The van der Waals surface area contributed by atoms with Gasteiger partial charge in [0.2, 0.25) is 34.0 Å². The van der Waals surface area contributed by atoms with Crippen molar-refractivity contribution in [2.75, 3.05) is 0 Å². The van der Waals surface area contributed by atoms with Crippen LogP contribution >= 0.6 is 22.7 Å². The number of hydrogen-bond acceptors (Lipinski definition) is 14. The van der Waals surface area contributed by atoms with Crippen LogP contribution in [0.1, 0.15) is 97.2 Å². The molecule has 0 fully saturated rings. The molecular weight excluding hydrogens is 1210 g/mol. The van der Waals surface area contributed by atoms with Gasteiger partial charge in [-0.05, 0) is 116 Å². The predicted octanol–water partition coefficient (Wildman–Crippen LogP) is 14.0. The molecule has 0 saturated heterocycles. The number of hydrogen-bond donors (Lipinski definition) is 0. The van der Waals surface area contributed by atoms with Gasteiger partial charge in [0.15, 0.2) is 0 Å². The first-order valence-electron chi connectivity index (χ1n) is 27.6. The van der Waals surface area contributed by atoms with Crippen molar-refractivity contribution in [2.24, 2.45) is 0 Å².